The van der Waals surface area contributed by atoms with E-state index in [0.717, 1.165) is 21.3 Å². The van der Waals surface area contributed by atoms with Crippen LogP contribution in [0.15, 0.2) is 40.4 Å². The van der Waals surface area contributed by atoms with Crippen LogP contribution in [0.2, 0.25) is 0 Å². The summed E-state index contributed by atoms with van der Waals surface area (Å²) in [7, 11) is 0. The number of fused-ring (bicyclic) bond motifs is 1. The number of anilines is 2. The minimum Gasteiger partial charge on any atom is -0.406 e. The summed E-state index contributed by atoms with van der Waals surface area (Å²) in [5, 5.41) is 13.4. The molecule has 24 heavy (non-hydrogen) atoms. The molecule has 0 aliphatic rings. The summed E-state index contributed by atoms with van der Waals surface area (Å²) < 4.78 is 18.3. The molecule has 0 spiro atoms. The van der Waals surface area contributed by atoms with Crippen LogP contribution >= 0.6 is 11.3 Å². The summed E-state index contributed by atoms with van der Waals surface area (Å²) in [5.41, 5.74) is 7.24. The number of nitrogens with two attached hydrogens (primary N) is 1. The van der Waals surface area contributed by atoms with Crippen molar-refractivity contribution < 1.29 is 8.81 Å². The molecule has 3 aromatic heterocycles. The molecule has 0 radical (unpaired) electrons. The first-order chi connectivity index (χ1) is 11.7. The van der Waals surface area contributed by atoms with Crippen LogP contribution in [0.1, 0.15) is 5.89 Å². The maximum atomic E-state index is 13.2. The van der Waals surface area contributed by atoms with E-state index in [1.165, 1.54) is 29.8 Å². The van der Waals surface area contributed by atoms with Crippen molar-refractivity contribution in [3.8, 4) is 11.1 Å². The first-order valence-corrected chi connectivity index (χ1v) is 7.88. The summed E-state index contributed by atoms with van der Waals surface area (Å²) in [5.74, 6) is 0.719. The third kappa shape index (κ3) is 2.65. The molecule has 0 aliphatic heterocycles. The van der Waals surface area contributed by atoms with E-state index < -0.39 is 0 Å². The SMILES string of the molecule is Nc1nnc(CNc2ncnc3scc(-c4ccc(F)cc4)c23)o1. The van der Waals surface area contributed by atoms with Crippen molar-refractivity contribution in [3.05, 3.63) is 47.7 Å². The van der Waals surface area contributed by atoms with E-state index in [4.69, 9.17) is 10.2 Å². The van der Waals surface area contributed by atoms with Crippen molar-refractivity contribution >= 4 is 33.4 Å². The number of hydrogen-bond acceptors (Lipinski definition) is 8. The van der Waals surface area contributed by atoms with Gasteiger partial charge >= 0.3 is 6.01 Å². The molecular weight excluding hydrogens is 331 g/mol. The van der Waals surface area contributed by atoms with Crippen molar-refractivity contribution in [1.29, 1.82) is 0 Å². The highest BCUT2D eigenvalue weighted by atomic mass is 32.1. The van der Waals surface area contributed by atoms with E-state index in [-0.39, 0.29) is 18.4 Å². The number of nitrogens with one attached hydrogen (secondary N) is 1. The molecule has 0 unspecified atom stereocenters. The Balaban J connectivity index is 1.72. The molecule has 4 rings (SSSR count). The first-order valence-electron chi connectivity index (χ1n) is 7.00. The molecule has 9 heteroatoms. The molecule has 0 saturated heterocycles. The van der Waals surface area contributed by atoms with Gasteiger partial charge in [0, 0.05) is 10.9 Å². The normalized spacial score (nSPS) is 11.0. The molecule has 0 aliphatic carbocycles. The average Bonchev–Trinajstić information content (AvgIpc) is 3.20. The lowest BCUT2D eigenvalue weighted by molar-refractivity contribution is 0.519. The van der Waals surface area contributed by atoms with Gasteiger partial charge in [0.1, 0.15) is 22.8 Å². The molecule has 1 aromatic carbocycles. The van der Waals surface area contributed by atoms with Gasteiger partial charge in [0.05, 0.1) is 11.9 Å². The molecule has 120 valence electrons. The highest BCUT2D eigenvalue weighted by Gasteiger charge is 2.14. The zero-order chi connectivity index (χ0) is 16.5. The zero-order valence-corrected chi connectivity index (χ0v) is 13.0. The Morgan fingerprint density at radius 1 is 1.17 bits per heavy atom. The lowest BCUT2D eigenvalue weighted by Gasteiger charge is -2.06. The van der Waals surface area contributed by atoms with E-state index in [1.807, 2.05) is 5.38 Å². The van der Waals surface area contributed by atoms with Crippen molar-refractivity contribution in [2.75, 3.05) is 11.1 Å². The molecule has 3 N–H and O–H groups in total. The molecule has 3 heterocycles. The summed E-state index contributed by atoms with van der Waals surface area (Å²) >= 11 is 1.50. The maximum Gasteiger partial charge on any atom is 0.312 e. The van der Waals surface area contributed by atoms with Crippen molar-refractivity contribution in [2.24, 2.45) is 0 Å². The number of halogens is 1. The van der Waals surface area contributed by atoms with Gasteiger partial charge in [-0.3, -0.25) is 0 Å². The van der Waals surface area contributed by atoms with Gasteiger partial charge in [-0.25, -0.2) is 14.4 Å². The zero-order valence-electron chi connectivity index (χ0n) is 12.2. The second-order valence-corrected chi connectivity index (χ2v) is 5.80. The lowest BCUT2D eigenvalue weighted by atomic mass is 10.1. The number of aromatic nitrogens is 4. The molecule has 0 bridgehead atoms. The largest absolute Gasteiger partial charge is 0.406 e. The molecular formula is C15H11FN6OS. The van der Waals surface area contributed by atoms with Crippen LogP contribution in [0, 0.1) is 5.82 Å². The first kappa shape index (κ1) is 14.5. The van der Waals surface area contributed by atoms with Gasteiger partial charge in [-0.1, -0.05) is 17.2 Å². The molecule has 7 nitrogen and oxygen atoms in total. The van der Waals surface area contributed by atoms with Crippen LogP contribution in [0.3, 0.4) is 0 Å². The molecule has 0 fully saturated rings. The van der Waals surface area contributed by atoms with Gasteiger partial charge in [0.2, 0.25) is 5.89 Å². The number of nitrogens with zero attached hydrogens (tertiary/aromatic N) is 4. The Kier molecular flexibility index (Phi) is 3.54. The highest BCUT2D eigenvalue weighted by molar-refractivity contribution is 7.17. The fourth-order valence-electron chi connectivity index (χ4n) is 2.35. The van der Waals surface area contributed by atoms with E-state index in [1.54, 1.807) is 12.1 Å². The Hall–Kier alpha value is -3.07. The van der Waals surface area contributed by atoms with Crippen LogP contribution in [0.25, 0.3) is 21.3 Å². The van der Waals surface area contributed by atoms with E-state index >= 15 is 0 Å². The Morgan fingerprint density at radius 3 is 2.75 bits per heavy atom. The van der Waals surface area contributed by atoms with Gasteiger partial charge < -0.3 is 15.5 Å². The Morgan fingerprint density at radius 2 is 2.00 bits per heavy atom. The van der Waals surface area contributed by atoms with Crippen LogP contribution in [-0.4, -0.2) is 20.2 Å². The van der Waals surface area contributed by atoms with Gasteiger partial charge in [-0.15, -0.1) is 16.4 Å². The minimum atomic E-state index is -0.276. The predicted octanol–water partition coefficient (Wildman–Crippen LogP) is 3.07. The number of thiophene rings is 1. The highest BCUT2D eigenvalue weighted by Crippen LogP contribution is 2.36. The summed E-state index contributed by atoms with van der Waals surface area (Å²) in [6.07, 6.45) is 1.48. The summed E-state index contributed by atoms with van der Waals surface area (Å²) in [6, 6.07) is 6.33. The fraction of sp³-hybridized carbons (Fsp3) is 0.0667. The van der Waals surface area contributed by atoms with E-state index in [0.29, 0.717) is 11.7 Å². The smallest absolute Gasteiger partial charge is 0.312 e. The standard InChI is InChI=1S/C15H11FN6OS/c16-9-3-1-8(2-4-9)10-6-24-14-12(10)13(19-7-20-14)18-5-11-21-22-15(17)23-11/h1-4,6-7H,5H2,(H2,17,22)(H,18,19,20). The van der Waals surface area contributed by atoms with Crippen molar-refractivity contribution in [1.82, 2.24) is 20.2 Å². The lowest BCUT2D eigenvalue weighted by Crippen LogP contribution is -2.02. The Bertz CT molecular complexity index is 997. The quantitative estimate of drug-likeness (QED) is 0.587. The van der Waals surface area contributed by atoms with Gasteiger partial charge in [-0.2, -0.15) is 0 Å². The fourth-order valence-corrected chi connectivity index (χ4v) is 3.26. The second-order valence-electron chi connectivity index (χ2n) is 4.95. The topological polar surface area (TPSA) is 103 Å². The Labute approximate surface area is 139 Å². The monoisotopic (exact) mass is 342 g/mol. The second kappa shape index (κ2) is 5.85. The van der Waals surface area contributed by atoms with Gasteiger partial charge in [0.15, 0.2) is 0 Å². The molecule has 0 amide bonds. The summed E-state index contributed by atoms with van der Waals surface area (Å²) in [6.45, 7) is 0.287. The van der Waals surface area contributed by atoms with Crippen molar-refractivity contribution in [2.45, 2.75) is 6.54 Å². The number of rotatable bonds is 4. The minimum absolute atomic E-state index is 0.0159. The van der Waals surface area contributed by atoms with Crippen LogP contribution in [0.5, 0.6) is 0 Å². The average molecular weight is 342 g/mol. The molecule has 4 aromatic rings. The summed E-state index contributed by atoms with van der Waals surface area (Å²) in [4.78, 5) is 9.41. The van der Waals surface area contributed by atoms with Crippen LogP contribution < -0.4 is 11.1 Å². The van der Waals surface area contributed by atoms with Crippen LogP contribution in [0.4, 0.5) is 16.2 Å². The van der Waals surface area contributed by atoms with E-state index in [9.17, 15) is 4.39 Å². The molecule has 0 atom stereocenters. The third-order valence-electron chi connectivity index (χ3n) is 3.41. The third-order valence-corrected chi connectivity index (χ3v) is 4.30. The number of benzene rings is 1. The number of nitrogen functional groups attached to an aromatic ring is 1. The van der Waals surface area contributed by atoms with Crippen LogP contribution in [-0.2, 0) is 6.54 Å². The molecule has 0 saturated carbocycles. The maximum absolute atomic E-state index is 13.2. The van der Waals surface area contributed by atoms with Crippen molar-refractivity contribution in [3.63, 3.8) is 0 Å². The predicted molar refractivity (Wildman–Crippen MR) is 88.8 cm³/mol. The number of hydrogen-bond donors (Lipinski definition) is 2. The van der Waals surface area contributed by atoms with Gasteiger partial charge in [-0.05, 0) is 17.7 Å². The van der Waals surface area contributed by atoms with E-state index in [2.05, 4.69) is 25.5 Å². The van der Waals surface area contributed by atoms with Gasteiger partial charge in [0.25, 0.3) is 0 Å².